The number of ether oxygens (including phenoxy) is 1. The van der Waals surface area contributed by atoms with Crippen LogP contribution in [0.5, 0.6) is 0 Å². The number of carboxylic acid groups (broad SMARTS) is 1. The lowest BCUT2D eigenvalue weighted by Crippen LogP contribution is -2.37. The third-order valence-electron chi connectivity index (χ3n) is 5.42. The van der Waals surface area contributed by atoms with E-state index in [1.54, 1.807) is 12.1 Å². The van der Waals surface area contributed by atoms with Crippen LogP contribution in [0.3, 0.4) is 0 Å². The van der Waals surface area contributed by atoms with Gasteiger partial charge >= 0.3 is 11.9 Å². The fourth-order valence-corrected chi connectivity index (χ4v) is 4.65. The average Bonchev–Trinajstić information content (AvgIpc) is 3.65. The molecule has 2 heterocycles. The Bertz CT molecular complexity index is 1510. The summed E-state index contributed by atoms with van der Waals surface area (Å²) in [6.07, 6.45) is 0.672. The second kappa shape index (κ2) is 15.4. The lowest BCUT2D eigenvalue weighted by Gasteiger charge is -2.10. The molecule has 12 nitrogen and oxygen atoms in total. The normalized spacial score (nSPS) is 11.8. The van der Waals surface area contributed by atoms with Crippen molar-refractivity contribution < 1.29 is 33.4 Å². The number of benzene rings is 2. The second-order valence-electron chi connectivity index (χ2n) is 8.58. The standard InChI is InChI=1S/C14H14FN3O3S.C13H13N3O3S/c1-21-13(20)11-7-22-14(17-11)18-12(19)10(16)6-8-2-4-9(15)5-3-8;14-9(6-8-4-2-1-3-5-8)11(17)16-13-15-10(7-20-13)12(18)19/h2-5,7,10H,6,16H2,1H3,(H,17,18,19);1-5,7,9H,6,14H2,(H,18,19)(H,15,16,17)/t10-;9-/m00/s1. The van der Waals surface area contributed by atoms with Crippen LogP contribution in [0, 0.1) is 5.82 Å². The molecule has 0 bridgehead atoms. The minimum Gasteiger partial charge on any atom is -0.476 e. The summed E-state index contributed by atoms with van der Waals surface area (Å²) in [6, 6.07) is 13.6. The number of carboxylic acids is 1. The Balaban J connectivity index is 0.000000231. The number of thiazole rings is 2. The van der Waals surface area contributed by atoms with E-state index in [2.05, 4.69) is 25.3 Å². The first-order chi connectivity index (χ1) is 20.0. The molecule has 42 heavy (non-hydrogen) atoms. The quantitative estimate of drug-likeness (QED) is 0.165. The molecule has 2 amide bonds. The van der Waals surface area contributed by atoms with Gasteiger partial charge in [0.15, 0.2) is 21.7 Å². The summed E-state index contributed by atoms with van der Waals surface area (Å²) in [5, 5.41) is 17.1. The summed E-state index contributed by atoms with van der Waals surface area (Å²) in [7, 11) is 1.25. The lowest BCUT2D eigenvalue weighted by molar-refractivity contribution is -0.118. The van der Waals surface area contributed by atoms with E-state index >= 15 is 0 Å². The topological polar surface area (TPSA) is 200 Å². The van der Waals surface area contributed by atoms with Crippen LogP contribution < -0.4 is 22.1 Å². The maximum Gasteiger partial charge on any atom is 0.357 e. The minimum absolute atomic E-state index is 0.0954. The number of aromatic carboxylic acids is 1. The summed E-state index contributed by atoms with van der Waals surface area (Å²) in [4.78, 5) is 53.5. The zero-order valence-electron chi connectivity index (χ0n) is 22.2. The van der Waals surface area contributed by atoms with Gasteiger partial charge in [-0.3, -0.25) is 9.59 Å². The molecular formula is C27H27FN6O6S2. The Morgan fingerprint density at radius 2 is 1.31 bits per heavy atom. The molecule has 0 saturated carbocycles. The summed E-state index contributed by atoms with van der Waals surface area (Å²) in [5.41, 5.74) is 13.4. The second-order valence-corrected chi connectivity index (χ2v) is 10.3. The van der Waals surface area contributed by atoms with Crippen molar-refractivity contribution in [3.05, 3.63) is 93.7 Å². The molecule has 7 N–H and O–H groups in total. The number of carbonyl (C=O) groups excluding carboxylic acids is 3. The number of methoxy groups -OCH3 is 1. The van der Waals surface area contributed by atoms with Crippen LogP contribution in [-0.2, 0) is 27.2 Å². The molecule has 0 saturated heterocycles. The van der Waals surface area contributed by atoms with Crippen LogP contribution in [0.2, 0.25) is 0 Å². The predicted molar refractivity (Wildman–Crippen MR) is 156 cm³/mol. The van der Waals surface area contributed by atoms with Gasteiger partial charge in [-0.2, -0.15) is 0 Å². The number of hydrogen-bond acceptors (Lipinski definition) is 11. The molecule has 2 aromatic heterocycles. The van der Waals surface area contributed by atoms with E-state index in [0.717, 1.165) is 33.8 Å². The van der Waals surface area contributed by atoms with Gasteiger partial charge in [-0.15, -0.1) is 22.7 Å². The first kappa shape index (κ1) is 32.0. The molecule has 0 spiro atoms. The van der Waals surface area contributed by atoms with Crippen LogP contribution in [-0.4, -0.2) is 58.0 Å². The van der Waals surface area contributed by atoms with Crippen LogP contribution in [0.1, 0.15) is 32.1 Å². The molecule has 0 unspecified atom stereocenters. The third kappa shape index (κ3) is 9.81. The number of esters is 1. The molecule has 0 fully saturated rings. The van der Waals surface area contributed by atoms with Gasteiger partial charge in [0, 0.05) is 10.8 Å². The van der Waals surface area contributed by atoms with E-state index in [4.69, 9.17) is 16.6 Å². The Kier molecular flexibility index (Phi) is 11.7. The molecule has 2 atom stereocenters. The van der Waals surface area contributed by atoms with E-state index in [-0.39, 0.29) is 39.8 Å². The van der Waals surface area contributed by atoms with Gasteiger partial charge in [-0.1, -0.05) is 42.5 Å². The van der Waals surface area contributed by atoms with E-state index < -0.39 is 29.9 Å². The molecule has 0 aliphatic carbocycles. The first-order valence-corrected chi connectivity index (χ1v) is 14.0. The zero-order valence-corrected chi connectivity index (χ0v) is 23.8. The van der Waals surface area contributed by atoms with Gasteiger partial charge in [0.2, 0.25) is 11.8 Å². The number of amides is 2. The monoisotopic (exact) mass is 614 g/mol. The number of hydrogen-bond donors (Lipinski definition) is 5. The van der Waals surface area contributed by atoms with E-state index in [9.17, 15) is 23.6 Å². The number of nitrogens with zero attached hydrogens (tertiary/aromatic N) is 2. The molecule has 220 valence electrons. The van der Waals surface area contributed by atoms with Gasteiger partial charge in [-0.25, -0.2) is 23.9 Å². The number of anilines is 2. The molecule has 0 radical (unpaired) electrons. The summed E-state index contributed by atoms with van der Waals surface area (Å²) in [5.74, 6) is -2.88. The number of aromatic nitrogens is 2. The molecule has 4 rings (SSSR count). The average molecular weight is 615 g/mol. The highest BCUT2D eigenvalue weighted by Crippen LogP contribution is 2.17. The van der Waals surface area contributed by atoms with Gasteiger partial charge in [0.25, 0.3) is 0 Å². The van der Waals surface area contributed by atoms with Crippen LogP contribution in [0.25, 0.3) is 0 Å². The highest BCUT2D eigenvalue weighted by Gasteiger charge is 2.18. The number of carbonyl (C=O) groups is 4. The van der Waals surface area contributed by atoms with E-state index in [1.165, 1.54) is 30.0 Å². The number of halogens is 1. The largest absolute Gasteiger partial charge is 0.476 e. The van der Waals surface area contributed by atoms with Crippen LogP contribution >= 0.6 is 22.7 Å². The molecule has 0 aliphatic rings. The summed E-state index contributed by atoms with van der Waals surface area (Å²) >= 11 is 2.15. The van der Waals surface area contributed by atoms with Crippen LogP contribution in [0.4, 0.5) is 14.7 Å². The van der Waals surface area contributed by atoms with Gasteiger partial charge in [-0.05, 0) is 36.1 Å². The Morgan fingerprint density at radius 3 is 1.79 bits per heavy atom. The van der Waals surface area contributed by atoms with Crippen molar-refractivity contribution in [1.29, 1.82) is 0 Å². The number of nitrogens with two attached hydrogens (primary N) is 2. The van der Waals surface area contributed by atoms with Gasteiger partial charge in [0.1, 0.15) is 5.82 Å². The van der Waals surface area contributed by atoms with Crippen molar-refractivity contribution in [2.24, 2.45) is 11.5 Å². The smallest absolute Gasteiger partial charge is 0.357 e. The Labute approximate surface area is 247 Å². The van der Waals surface area contributed by atoms with Crippen molar-refractivity contribution >= 4 is 56.7 Å². The van der Waals surface area contributed by atoms with Crippen molar-refractivity contribution in [2.45, 2.75) is 24.9 Å². The van der Waals surface area contributed by atoms with Crippen molar-refractivity contribution in [1.82, 2.24) is 9.97 Å². The number of nitrogens with one attached hydrogen (secondary N) is 2. The Morgan fingerprint density at radius 1 is 0.833 bits per heavy atom. The molecular weight excluding hydrogens is 587 g/mol. The SMILES string of the molecule is COC(=O)c1csc(NC(=O)[C@@H](N)Cc2ccc(F)cc2)n1.N[C@@H](Cc1ccccc1)C(=O)Nc1nc(C(=O)O)cs1. The maximum atomic E-state index is 12.8. The summed E-state index contributed by atoms with van der Waals surface area (Å²) in [6.45, 7) is 0. The molecule has 4 aromatic rings. The highest BCUT2D eigenvalue weighted by atomic mass is 32.1. The van der Waals surface area contributed by atoms with Crippen molar-refractivity contribution in [3.63, 3.8) is 0 Å². The number of rotatable bonds is 10. The molecule has 15 heteroatoms. The van der Waals surface area contributed by atoms with Crippen molar-refractivity contribution in [3.8, 4) is 0 Å². The van der Waals surface area contributed by atoms with Gasteiger partial charge in [0.05, 0.1) is 19.2 Å². The predicted octanol–water partition coefficient (Wildman–Crippen LogP) is 2.93. The fourth-order valence-electron chi connectivity index (χ4n) is 3.28. The van der Waals surface area contributed by atoms with Gasteiger partial charge < -0.3 is 31.9 Å². The van der Waals surface area contributed by atoms with E-state index in [1.807, 2.05) is 30.3 Å². The zero-order chi connectivity index (χ0) is 30.6. The maximum absolute atomic E-state index is 12.8. The molecule has 2 aromatic carbocycles. The molecule has 0 aliphatic heterocycles. The van der Waals surface area contributed by atoms with E-state index in [0.29, 0.717) is 6.42 Å². The Hall–Kier alpha value is -4.57. The first-order valence-electron chi connectivity index (χ1n) is 12.2. The highest BCUT2D eigenvalue weighted by molar-refractivity contribution is 7.14. The summed E-state index contributed by atoms with van der Waals surface area (Å²) < 4.78 is 17.3. The van der Waals surface area contributed by atoms with Crippen LogP contribution in [0.15, 0.2) is 65.4 Å². The fraction of sp³-hybridized carbons (Fsp3) is 0.185. The minimum atomic E-state index is -1.13. The van der Waals surface area contributed by atoms with Crippen molar-refractivity contribution in [2.75, 3.05) is 17.7 Å². The third-order valence-corrected chi connectivity index (χ3v) is 6.94. The lowest BCUT2D eigenvalue weighted by atomic mass is 10.1.